The molecule has 0 radical (unpaired) electrons. The van der Waals surface area contributed by atoms with Crippen LogP contribution in [0.25, 0.3) is 11.1 Å². The average molecular weight is 373 g/mol. The quantitative estimate of drug-likeness (QED) is 0.609. The summed E-state index contributed by atoms with van der Waals surface area (Å²) in [6.45, 7) is 1.46. The predicted molar refractivity (Wildman–Crippen MR) is 114 cm³/mol. The first-order chi connectivity index (χ1) is 13.6. The molecule has 3 aromatic carbocycles. The van der Waals surface area contributed by atoms with Crippen LogP contribution in [0.4, 0.5) is 17.1 Å². The van der Waals surface area contributed by atoms with Gasteiger partial charge < -0.3 is 21.1 Å². The van der Waals surface area contributed by atoms with E-state index in [9.17, 15) is 9.90 Å². The Kier molecular flexibility index (Phi) is 5.00. The lowest BCUT2D eigenvalue weighted by molar-refractivity contribution is 0.102. The van der Waals surface area contributed by atoms with Gasteiger partial charge in [-0.25, -0.2) is 0 Å². The molecule has 1 atom stereocenters. The summed E-state index contributed by atoms with van der Waals surface area (Å²) in [4.78, 5) is 14.8. The fourth-order valence-electron chi connectivity index (χ4n) is 3.47. The molecule has 0 bridgehead atoms. The Balaban J connectivity index is 1.50. The van der Waals surface area contributed by atoms with Gasteiger partial charge in [-0.3, -0.25) is 4.79 Å². The van der Waals surface area contributed by atoms with E-state index in [4.69, 9.17) is 5.73 Å². The zero-order valence-corrected chi connectivity index (χ0v) is 15.5. The molecule has 0 unspecified atom stereocenters. The number of aliphatic hydroxyl groups excluding tert-OH is 1. The van der Waals surface area contributed by atoms with Gasteiger partial charge in [0.05, 0.1) is 17.5 Å². The van der Waals surface area contributed by atoms with E-state index in [0.29, 0.717) is 23.5 Å². The van der Waals surface area contributed by atoms with Crippen LogP contribution in [0.2, 0.25) is 0 Å². The van der Waals surface area contributed by atoms with Crippen LogP contribution in [-0.2, 0) is 0 Å². The van der Waals surface area contributed by atoms with Crippen LogP contribution in [0.15, 0.2) is 72.8 Å². The van der Waals surface area contributed by atoms with E-state index in [0.717, 1.165) is 29.8 Å². The van der Waals surface area contributed by atoms with Gasteiger partial charge in [0, 0.05) is 24.3 Å². The minimum Gasteiger partial charge on any atom is -0.397 e. The predicted octanol–water partition coefficient (Wildman–Crippen LogP) is 3.76. The smallest absolute Gasteiger partial charge is 0.255 e. The topological polar surface area (TPSA) is 78.6 Å². The Morgan fingerprint density at radius 3 is 2.43 bits per heavy atom. The molecule has 0 saturated carbocycles. The molecular weight excluding hydrogens is 350 g/mol. The maximum atomic E-state index is 12.7. The Morgan fingerprint density at radius 2 is 1.75 bits per heavy atom. The van der Waals surface area contributed by atoms with Crippen molar-refractivity contribution in [2.75, 3.05) is 29.0 Å². The van der Waals surface area contributed by atoms with Gasteiger partial charge >= 0.3 is 0 Å². The molecule has 1 aliphatic heterocycles. The van der Waals surface area contributed by atoms with Crippen LogP contribution < -0.4 is 16.0 Å². The normalized spacial score (nSPS) is 16.2. The highest BCUT2D eigenvalue weighted by Gasteiger charge is 2.20. The summed E-state index contributed by atoms with van der Waals surface area (Å²) in [5.74, 6) is -0.204. The summed E-state index contributed by atoms with van der Waals surface area (Å²) in [5, 5.41) is 12.6. The van der Waals surface area contributed by atoms with E-state index in [-0.39, 0.29) is 12.0 Å². The standard InChI is InChI=1S/C23H23N3O2/c24-21-11-8-18(16-4-2-1-3-5-16)14-22(21)25-23(28)17-6-9-19(10-7-17)26-13-12-20(27)15-26/h1-11,14,20,27H,12-13,15,24H2,(H,25,28)/t20-/m0/s1. The molecule has 142 valence electrons. The fourth-order valence-corrected chi connectivity index (χ4v) is 3.47. The van der Waals surface area contributed by atoms with Crippen molar-refractivity contribution in [1.29, 1.82) is 0 Å². The monoisotopic (exact) mass is 373 g/mol. The zero-order chi connectivity index (χ0) is 19.5. The van der Waals surface area contributed by atoms with Gasteiger partial charge in [0.15, 0.2) is 0 Å². The highest BCUT2D eigenvalue weighted by atomic mass is 16.3. The lowest BCUT2D eigenvalue weighted by Gasteiger charge is -2.18. The number of β-amino-alcohol motifs (C(OH)–C–C–N with tert-alkyl or cyclic N) is 1. The van der Waals surface area contributed by atoms with Crippen molar-refractivity contribution >= 4 is 23.0 Å². The third-order valence-corrected chi connectivity index (χ3v) is 5.07. The Bertz CT molecular complexity index is 971. The number of nitrogen functional groups attached to an aromatic ring is 1. The van der Waals surface area contributed by atoms with Crippen molar-refractivity contribution in [3.63, 3.8) is 0 Å². The highest BCUT2D eigenvalue weighted by Crippen LogP contribution is 2.28. The molecule has 1 heterocycles. The van der Waals surface area contributed by atoms with Gasteiger partial charge in [-0.2, -0.15) is 0 Å². The molecular formula is C23H23N3O2. The van der Waals surface area contributed by atoms with Crippen molar-refractivity contribution < 1.29 is 9.90 Å². The zero-order valence-electron chi connectivity index (χ0n) is 15.5. The maximum Gasteiger partial charge on any atom is 0.255 e. The molecule has 0 aromatic heterocycles. The number of benzene rings is 3. The Hall–Kier alpha value is -3.31. The fraction of sp³-hybridized carbons (Fsp3) is 0.174. The number of nitrogens with zero attached hydrogens (tertiary/aromatic N) is 1. The minimum absolute atomic E-state index is 0.204. The third kappa shape index (κ3) is 3.85. The average Bonchev–Trinajstić information content (AvgIpc) is 3.17. The van der Waals surface area contributed by atoms with Crippen molar-refractivity contribution in [2.45, 2.75) is 12.5 Å². The molecule has 28 heavy (non-hydrogen) atoms. The van der Waals surface area contributed by atoms with Gasteiger partial charge in [-0.15, -0.1) is 0 Å². The number of amides is 1. The molecule has 0 spiro atoms. The van der Waals surface area contributed by atoms with E-state index in [1.807, 2.05) is 54.6 Å². The van der Waals surface area contributed by atoms with Crippen molar-refractivity contribution in [3.05, 3.63) is 78.4 Å². The minimum atomic E-state index is -0.275. The number of hydrogen-bond acceptors (Lipinski definition) is 4. The third-order valence-electron chi connectivity index (χ3n) is 5.07. The highest BCUT2D eigenvalue weighted by molar-refractivity contribution is 6.06. The number of nitrogens with one attached hydrogen (secondary N) is 1. The summed E-state index contributed by atoms with van der Waals surface area (Å²) in [6.07, 6.45) is 0.502. The van der Waals surface area contributed by atoms with Crippen LogP contribution in [0.3, 0.4) is 0 Å². The van der Waals surface area contributed by atoms with Gasteiger partial charge in [0.25, 0.3) is 5.91 Å². The van der Waals surface area contributed by atoms with E-state index in [2.05, 4.69) is 10.2 Å². The van der Waals surface area contributed by atoms with Crippen LogP contribution in [0, 0.1) is 0 Å². The molecule has 1 saturated heterocycles. The van der Waals surface area contributed by atoms with Gasteiger partial charge in [0.2, 0.25) is 0 Å². The lowest BCUT2D eigenvalue weighted by Crippen LogP contribution is -2.21. The first-order valence-corrected chi connectivity index (χ1v) is 9.39. The maximum absolute atomic E-state index is 12.7. The molecule has 1 aliphatic rings. The molecule has 4 rings (SSSR count). The van der Waals surface area contributed by atoms with Gasteiger partial charge in [-0.1, -0.05) is 36.4 Å². The first kappa shape index (κ1) is 18.1. The molecule has 5 nitrogen and oxygen atoms in total. The second-order valence-electron chi connectivity index (χ2n) is 7.06. The number of carbonyl (C=O) groups excluding carboxylic acids is 1. The molecule has 0 aliphatic carbocycles. The SMILES string of the molecule is Nc1ccc(-c2ccccc2)cc1NC(=O)c1ccc(N2CC[C@H](O)C2)cc1. The number of aliphatic hydroxyl groups is 1. The van der Waals surface area contributed by atoms with Crippen LogP contribution in [0.1, 0.15) is 16.8 Å². The summed E-state index contributed by atoms with van der Waals surface area (Å²) in [6, 6.07) is 23.0. The summed E-state index contributed by atoms with van der Waals surface area (Å²) < 4.78 is 0. The lowest BCUT2D eigenvalue weighted by atomic mass is 10.0. The van der Waals surface area contributed by atoms with Gasteiger partial charge in [0.1, 0.15) is 0 Å². The van der Waals surface area contributed by atoms with Crippen molar-refractivity contribution in [1.82, 2.24) is 0 Å². The second-order valence-corrected chi connectivity index (χ2v) is 7.06. The second kappa shape index (κ2) is 7.74. The van der Waals surface area contributed by atoms with E-state index in [1.165, 1.54) is 0 Å². The molecule has 1 amide bonds. The Morgan fingerprint density at radius 1 is 1.00 bits per heavy atom. The number of carbonyl (C=O) groups is 1. The van der Waals surface area contributed by atoms with E-state index < -0.39 is 0 Å². The molecule has 5 heteroatoms. The summed E-state index contributed by atoms with van der Waals surface area (Å²) in [7, 11) is 0. The number of nitrogens with two attached hydrogens (primary N) is 1. The summed E-state index contributed by atoms with van der Waals surface area (Å²) >= 11 is 0. The van der Waals surface area contributed by atoms with Crippen LogP contribution >= 0.6 is 0 Å². The van der Waals surface area contributed by atoms with Crippen molar-refractivity contribution in [2.24, 2.45) is 0 Å². The first-order valence-electron chi connectivity index (χ1n) is 9.39. The number of hydrogen-bond donors (Lipinski definition) is 3. The number of anilines is 3. The van der Waals surface area contributed by atoms with Crippen molar-refractivity contribution in [3.8, 4) is 11.1 Å². The van der Waals surface area contributed by atoms with Crippen LogP contribution in [-0.4, -0.2) is 30.2 Å². The number of rotatable bonds is 4. The van der Waals surface area contributed by atoms with E-state index >= 15 is 0 Å². The summed E-state index contributed by atoms with van der Waals surface area (Å²) in [5.41, 5.74) is 10.8. The van der Waals surface area contributed by atoms with Crippen LogP contribution in [0.5, 0.6) is 0 Å². The molecule has 4 N–H and O–H groups in total. The van der Waals surface area contributed by atoms with E-state index in [1.54, 1.807) is 18.2 Å². The largest absolute Gasteiger partial charge is 0.397 e. The molecule has 3 aromatic rings. The molecule has 1 fully saturated rings. The van der Waals surface area contributed by atoms with Gasteiger partial charge in [-0.05, 0) is 53.9 Å². The Labute approximate surface area is 164 Å².